The Hall–Kier alpha value is -1.02. The molecule has 15 heavy (non-hydrogen) atoms. The molecule has 90 valence electrons. The molecule has 0 heterocycles. The van der Waals surface area contributed by atoms with E-state index in [4.69, 9.17) is 9.84 Å². The average Bonchev–Trinajstić information content (AvgIpc) is 2.13. The summed E-state index contributed by atoms with van der Waals surface area (Å²) in [6.07, 6.45) is -5.68. The van der Waals surface area contributed by atoms with Gasteiger partial charge >= 0.3 is 12.3 Å². The van der Waals surface area contributed by atoms with Crippen LogP contribution in [0.4, 0.5) is 18.0 Å². The second-order valence-corrected chi connectivity index (χ2v) is 2.45. The van der Waals surface area contributed by atoms with Crippen LogP contribution in [-0.4, -0.2) is 50.3 Å². The largest absolute Gasteiger partial charge is 0.440 e. The van der Waals surface area contributed by atoms with Gasteiger partial charge in [-0.3, -0.25) is 0 Å². The minimum absolute atomic E-state index is 0.0245. The summed E-state index contributed by atoms with van der Waals surface area (Å²) in [5, 5.41) is 10.3. The maximum Gasteiger partial charge on any atom is 0.422 e. The van der Waals surface area contributed by atoms with E-state index in [1.807, 2.05) is 5.32 Å². The Labute approximate surface area is 84.2 Å². The standard InChI is InChI=1S/C7H12F3NO4/c8-7(9,10)5-15-6(13)11-1-3-14-4-2-12/h12H,1-5H2,(H,11,13). The number of hydrogen-bond donors (Lipinski definition) is 2. The molecule has 0 rings (SSSR count). The molecule has 8 heteroatoms. The van der Waals surface area contributed by atoms with Crippen molar-refractivity contribution in [2.45, 2.75) is 6.18 Å². The van der Waals surface area contributed by atoms with E-state index in [0.717, 1.165) is 0 Å². The molecular weight excluding hydrogens is 219 g/mol. The number of ether oxygens (including phenoxy) is 2. The number of alkyl carbamates (subject to hydrolysis) is 1. The number of carbonyl (C=O) groups is 1. The number of aliphatic hydroxyl groups excluding tert-OH is 1. The average molecular weight is 231 g/mol. The number of alkyl halides is 3. The molecule has 2 N–H and O–H groups in total. The first-order valence-corrected chi connectivity index (χ1v) is 4.11. The van der Waals surface area contributed by atoms with E-state index < -0.39 is 18.9 Å². The summed E-state index contributed by atoms with van der Waals surface area (Å²) in [6.45, 7) is -1.54. The van der Waals surface area contributed by atoms with Crippen LogP contribution in [0.1, 0.15) is 0 Å². The van der Waals surface area contributed by atoms with E-state index in [9.17, 15) is 18.0 Å². The van der Waals surface area contributed by atoms with E-state index in [1.54, 1.807) is 0 Å². The third kappa shape index (κ3) is 10.9. The summed E-state index contributed by atoms with van der Waals surface area (Å²) < 4.78 is 43.2. The van der Waals surface area contributed by atoms with Crippen molar-refractivity contribution < 1.29 is 32.5 Å². The van der Waals surface area contributed by atoms with E-state index in [-0.39, 0.29) is 26.4 Å². The van der Waals surface area contributed by atoms with Crippen molar-refractivity contribution in [3.8, 4) is 0 Å². The Kier molecular flexibility index (Phi) is 6.80. The number of nitrogens with one attached hydrogen (secondary N) is 1. The van der Waals surface area contributed by atoms with Gasteiger partial charge < -0.3 is 19.9 Å². The third-order valence-corrected chi connectivity index (χ3v) is 1.12. The van der Waals surface area contributed by atoms with Crippen LogP contribution in [0.25, 0.3) is 0 Å². The summed E-state index contributed by atoms with van der Waals surface area (Å²) in [5.41, 5.74) is 0. The van der Waals surface area contributed by atoms with Crippen molar-refractivity contribution in [3.05, 3.63) is 0 Å². The highest BCUT2D eigenvalue weighted by molar-refractivity contribution is 5.67. The molecule has 0 fully saturated rings. The maximum absolute atomic E-state index is 11.5. The molecule has 0 spiro atoms. The molecule has 0 aliphatic rings. The summed E-state index contributed by atoms with van der Waals surface area (Å²) in [6, 6.07) is 0. The fraction of sp³-hybridized carbons (Fsp3) is 0.857. The van der Waals surface area contributed by atoms with E-state index in [2.05, 4.69) is 4.74 Å². The van der Waals surface area contributed by atoms with Gasteiger partial charge in [0.1, 0.15) is 0 Å². The lowest BCUT2D eigenvalue weighted by atomic mass is 10.6. The number of halogens is 3. The molecule has 0 radical (unpaired) electrons. The zero-order valence-electron chi connectivity index (χ0n) is 7.84. The maximum atomic E-state index is 11.5. The smallest absolute Gasteiger partial charge is 0.422 e. The van der Waals surface area contributed by atoms with Crippen LogP contribution >= 0.6 is 0 Å². The van der Waals surface area contributed by atoms with Crippen LogP contribution in [0.2, 0.25) is 0 Å². The van der Waals surface area contributed by atoms with Gasteiger partial charge in [0.25, 0.3) is 0 Å². The molecule has 0 aliphatic carbocycles. The number of hydrogen-bond acceptors (Lipinski definition) is 4. The summed E-state index contributed by atoms with van der Waals surface area (Å²) in [7, 11) is 0. The highest BCUT2D eigenvalue weighted by atomic mass is 19.4. The van der Waals surface area contributed by atoms with E-state index in [1.165, 1.54) is 0 Å². The second kappa shape index (κ2) is 7.30. The number of aliphatic hydroxyl groups is 1. The third-order valence-electron chi connectivity index (χ3n) is 1.12. The number of carbonyl (C=O) groups excluding carboxylic acids is 1. The Balaban J connectivity index is 3.34. The molecule has 0 saturated heterocycles. The Morgan fingerprint density at radius 2 is 2.00 bits per heavy atom. The topological polar surface area (TPSA) is 67.8 Å². The van der Waals surface area contributed by atoms with Gasteiger partial charge in [-0.1, -0.05) is 0 Å². The van der Waals surface area contributed by atoms with Gasteiger partial charge in [0.15, 0.2) is 6.61 Å². The molecule has 1 amide bonds. The summed E-state index contributed by atoms with van der Waals surface area (Å²) in [4.78, 5) is 10.6. The molecule has 0 saturated carbocycles. The first-order valence-electron chi connectivity index (χ1n) is 4.11. The summed E-state index contributed by atoms with van der Waals surface area (Å²) in [5.74, 6) is 0. The van der Waals surface area contributed by atoms with Gasteiger partial charge in [-0.2, -0.15) is 13.2 Å². The molecule has 0 bridgehead atoms. The van der Waals surface area contributed by atoms with Crippen LogP contribution < -0.4 is 5.32 Å². The van der Waals surface area contributed by atoms with Gasteiger partial charge in [0.05, 0.1) is 19.8 Å². The lowest BCUT2D eigenvalue weighted by Gasteiger charge is -2.08. The molecular formula is C7H12F3NO4. The van der Waals surface area contributed by atoms with Crippen molar-refractivity contribution in [1.29, 1.82) is 0 Å². The fourth-order valence-electron chi connectivity index (χ4n) is 0.590. The second-order valence-electron chi connectivity index (χ2n) is 2.45. The zero-order chi connectivity index (χ0) is 11.7. The van der Waals surface area contributed by atoms with Crippen molar-refractivity contribution >= 4 is 6.09 Å². The Bertz CT molecular complexity index is 186. The lowest BCUT2D eigenvalue weighted by Crippen LogP contribution is -2.31. The van der Waals surface area contributed by atoms with Crippen molar-refractivity contribution in [1.82, 2.24) is 5.32 Å². The molecule has 0 unspecified atom stereocenters. The molecule has 0 aliphatic heterocycles. The van der Waals surface area contributed by atoms with Crippen LogP contribution in [0.5, 0.6) is 0 Å². The molecule has 5 nitrogen and oxygen atoms in total. The zero-order valence-corrected chi connectivity index (χ0v) is 7.84. The monoisotopic (exact) mass is 231 g/mol. The molecule has 0 aromatic heterocycles. The van der Waals surface area contributed by atoms with Crippen molar-refractivity contribution in [2.75, 3.05) is 33.0 Å². The molecule has 0 aromatic rings. The van der Waals surface area contributed by atoms with Gasteiger partial charge in [0, 0.05) is 6.54 Å². The van der Waals surface area contributed by atoms with Crippen LogP contribution in [0.3, 0.4) is 0 Å². The molecule has 0 atom stereocenters. The normalized spacial score (nSPS) is 11.2. The van der Waals surface area contributed by atoms with Gasteiger partial charge in [-0.05, 0) is 0 Å². The first kappa shape index (κ1) is 14.0. The number of amides is 1. The first-order chi connectivity index (χ1) is 6.95. The molecule has 0 aromatic carbocycles. The summed E-state index contributed by atoms with van der Waals surface area (Å²) >= 11 is 0. The van der Waals surface area contributed by atoms with Gasteiger partial charge in [-0.15, -0.1) is 0 Å². The van der Waals surface area contributed by atoms with E-state index >= 15 is 0 Å². The lowest BCUT2D eigenvalue weighted by molar-refractivity contribution is -0.160. The Morgan fingerprint density at radius 3 is 2.53 bits per heavy atom. The van der Waals surface area contributed by atoms with Crippen LogP contribution in [-0.2, 0) is 9.47 Å². The predicted octanol–water partition coefficient (Wildman–Crippen LogP) is 0.284. The van der Waals surface area contributed by atoms with Crippen molar-refractivity contribution in [2.24, 2.45) is 0 Å². The SMILES string of the molecule is O=C(NCCOCCO)OCC(F)(F)F. The predicted molar refractivity (Wildman–Crippen MR) is 43.3 cm³/mol. The minimum Gasteiger partial charge on any atom is -0.440 e. The highest BCUT2D eigenvalue weighted by Crippen LogP contribution is 2.14. The fourth-order valence-corrected chi connectivity index (χ4v) is 0.590. The van der Waals surface area contributed by atoms with Crippen LogP contribution in [0, 0.1) is 0 Å². The quantitative estimate of drug-likeness (QED) is 0.644. The Morgan fingerprint density at radius 1 is 1.33 bits per heavy atom. The van der Waals surface area contributed by atoms with E-state index in [0.29, 0.717) is 0 Å². The van der Waals surface area contributed by atoms with Gasteiger partial charge in [-0.25, -0.2) is 4.79 Å². The number of rotatable bonds is 6. The van der Waals surface area contributed by atoms with Gasteiger partial charge in [0.2, 0.25) is 0 Å². The minimum atomic E-state index is -4.52. The highest BCUT2D eigenvalue weighted by Gasteiger charge is 2.29. The van der Waals surface area contributed by atoms with Crippen LogP contribution in [0.15, 0.2) is 0 Å². The van der Waals surface area contributed by atoms with Crippen molar-refractivity contribution in [3.63, 3.8) is 0 Å².